The van der Waals surface area contributed by atoms with Crippen molar-refractivity contribution in [1.82, 2.24) is 3.96 Å². The van der Waals surface area contributed by atoms with Crippen LogP contribution in [0.5, 0.6) is 0 Å². The van der Waals surface area contributed by atoms with E-state index in [1.165, 1.54) is 11.5 Å². The monoisotopic (exact) mass is 242 g/mol. The molecule has 0 spiro atoms. The molecule has 84 valence electrons. The SMILES string of the molecule is Nc1ccccc1-n1sc2ccccc2c1=O. The van der Waals surface area contributed by atoms with Gasteiger partial charge in [-0.15, -0.1) is 0 Å². The fourth-order valence-electron chi connectivity index (χ4n) is 1.80. The van der Waals surface area contributed by atoms with Crippen LogP contribution in [0.15, 0.2) is 53.3 Å². The standard InChI is InChI=1S/C13H10N2OS/c14-10-6-2-3-7-11(10)15-13(16)9-5-1-4-8-12(9)17-15/h1-8H,14H2. The Morgan fingerprint density at radius 1 is 1.00 bits per heavy atom. The highest BCUT2D eigenvalue weighted by atomic mass is 32.1. The number of nitrogens with two attached hydrogens (primary N) is 1. The van der Waals surface area contributed by atoms with Gasteiger partial charge in [-0.2, -0.15) is 0 Å². The zero-order chi connectivity index (χ0) is 11.8. The fraction of sp³-hybridized carbons (Fsp3) is 0. The molecule has 2 aromatic carbocycles. The summed E-state index contributed by atoms with van der Waals surface area (Å²) < 4.78 is 2.61. The molecule has 1 aromatic heterocycles. The maximum atomic E-state index is 12.2. The fourth-order valence-corrected chi connectivity index (χ4v) is 2.84. The molecular formula is C13H10N2OS. The zero-order valence-electron chi connectivity index (χ0n) is 8.96. The molecule has 0 atom stereocenters. The van der Waals surface area contributed by atoms with Crippen molar-refractivity contribution in [2.24, 2.45) is 0 Å². The second-order valence-corrected chi connectivity index (χ2v) is 4.73. The van der Waals surface area contributed by atoms with Gasteiger partial charge in [0.25, 0.3) is 5.56 Å². The minimum atomic E-state index is -0.0106. The summed E-state index contributed by atoms with van der Waals surface area (Å²) >= 11 is 1.42. The highest BCUT2D eigenvalue weighted by Gasteiger charge is 2.09. The van der Waals surface area contributed by atoms with Crippen molar-refractivity contribution < 1.29 is 0 Å². The first-order valence-electron chi connectivity index (χ1n) is 5.23. The molecule has 0 aliphatic carbocycles. The van der Waals surface area contributed by atoms with E-state index in [2.05, 4.69) is 0 Å². The van der Waals surface area contributed by atoms with Crippen LogP contribution in [0.2, 0.25) is 0 Å². The van der Waals surface area contributed by atoms with Crippen molar-refractivity contribution in [3.63, 3.8) is 0 Å². The number of nitrogens with zero attached hydrogens (tertiary/aromatic N) is 1. The highest BCUT2D eigenvalue weighted by molar-refractivity contribution is 7.14. The molecule has 0 aliphatic heterocycles. The summed E-state index contributed by atoms with van der Waals surface area (Å²) in [6.45, 7) is 0. The summed E-state index contributed by atoms with van der Waals surface area (Å²) in [5.74, 6) is 0. The number of aromatic nitrogens is 1. The van der Waals surface area contributed by atoms with Crippen LogP contribution in [0.25, 0.3) is 15.8 Å². The Kier molecular flexibility index (Phi) is 2.23. The van der Waals surface area contributed by atoms with Crippen LogP contribution in [0.1, 0.15) is 0 Å². The number of rotatable bonds is 1. The van der Waals surface area contributed by atoms with Gasteiger partial charge >= 0.3 is 0 Å². The van der Waals surface area contributed by atoms with Gasteiger partial charge in [-0.05, 0) is 24.3 Å². The molecule has 0 saturated carbocycles. The first-order chi connectivity index (χ1) is 8.27. The van der Waals surface area contributed by atoms with Gasteiger partial charge in [0.2, 0.25) is 0 Å². The second kappa shape index (κ2) is 3.75. The molecule has 0 bridgehead atoms. The second-order valence-electron chi connectivity index (χ2n) is 3.75. The molecule has 0 amide bonds. The molecule has 3 aromatic rings. The Morgan fingerprint density at radius 2 is 1.71 bits per heavy atom. The quantitative estimate of drug-likeness (QED) is 0.667. The van der Waals surface area contributed by atoms with Crippen molar-refractivity contribution in [2.75, 3.05) is 5.73 Å². The molecule has 3 rings (SSSR count). The lowest BCUT2D eigenvalue weighted by Gasteiger charge is -2.03. The van der Waals surface area contributed by atoms with Gasteiger partial charge in [0.1, 0.15) is 0 Å². The van der Waals surface area contributed by atoms with E-state index in [-0.39, 0.29) is 5.56 Å². The smallest absolute Gasteiger partial charge is 0.273 e. The summed E-state index contributed by atoms with van der Waals surface area (Å²) in [7, 11) is 0. The van der Waals surface area contributed by atoms with E-state index >= 15 is 0 Å². The topological polar surface area (TPSA) is 48.0 Å². The van der Waals surface area contributed by atoms with E-state index in [4.69, 9.17) is 5.73 Å². The van der Waals surface area contributed by atoms with Crippen LogP contribution in [0.4, 0.5) is 5.69 Å². The molecule has 0 aliphatic rings. The molecule has 0 radical (unpaired) electrons. The van der Waals surface area contributed by atoms with Gasteiger partial charge in [0, 0.05) is 0 Å². The van der Waals surface area contributed by atoms with Gasteiger partial charge in [0.05, 0.1) is 21.5 Å². The first kappa shape index (κ1) is 10.1. The molecule has 3 nitrogen and oxygen atoms in total. The molecule has 2 N–H and O–H groups in total. The summed E-state index contributed by atoms with van der Waals surface area (Å²) in [4.78, 5) is 12.2. The minimum Gasteiger partial charge on any atom is -0.397 e. The third kappa shape index (κ3) is 1.54. The van der Waals surface area contributed by atoms with Crippen LogP contribution in [-0.4, -0.2) is 3.96 Å². The molecule has 17 heavy (non-hydrogen) atoms. The highest BCUT2D eigenvalue weighted by Crippen LogP contribution is 2.22. The molecular weight excluding hydrogens is 232 g/mol. The number of fused-ring (bicyclic) bond motifs is 1. The zero-order valence-corrected chi connectivity index (χ0v) is 9.78. The average molecular weight is 242 g/mol. The first-order valence-corrected chi connectivity index (χ1v) is 6.00. The number of nitrogen functional groups attached to an aromatic ring is 1. The average Bonchev–Trinajstić information content (AvgIpc) is 2.68. The van der Waals surface area contributed by atoms with Crippen molar-refractivity contribution in [1.29, 1.82) is 0 Å². The number of para-hydroxylation sites is 2. The van der Waals surface area contributed by atoms with Gasteiger partial charge in [-0.3, -0.25) is 4.79 Å². The molecule has 0 saturated heterocycles. The van der Waals surface area contributed by atoms with Crippen LogP contribution < -0.4 is 11.3 Å². The predicted octanol–water partition coefficient (Wildman–Crippen LogP) is 2.63. The molecule has 0 fully saturated rings. The van der Waals surface area contributed by atoms with Crippen molar-refractivity contribution in [3.05, 3.63) is 58.9 Å². The Bertz CT molecular complexity index is 742. The van der Waals surface area contributed by atoms with E-state index in [0.717, 1.165) is 15.8 Å². The third-order valence-electron chi connectivity index (χ3n) is 2.65. The van der Waals surface area contributed by atoms with Crippen LogP contribution in [-0.2, 0) is 0 Å². The minimum absolute atomic E-state index is 0.0106. The lowest BCUT2D eigenvalue weighted by molar-refractivity contribution is 1.15. The van der Waals surface area contributed by atoms with Gasteiger partial charge < -0.3 is 5.73 Å². The summed E-state index contributed by atoms with van der Waals surface area (Å²) in [5.41, 5.74) is 7.24. The van der Waals surface area contributed by atoms with Gasteiger partial charge in [-0.25, -0.2) is 3.96 Å². The molecule has 1 heterocycles. The van der Waals surface area contributed by atoms with Crippen molar-refractivity contribution >= 4 is 27.3 Å². The Hall–Kier alpha value is -2.07. The summed E-state index contributed by atoms with van der Waals surface area (Å²) in [5, 5.41) is 0.737. The Morgan fingerprint density at radius 3 is 2.47 bits per heavy atom. The normalized spacial score (nSPS) is 10.8. The number of hydrogen-bond donors (Lipinski definition) is 1. The van der Waals surface area contributed by atoms with E-state index in [9.17, 15) is 4.79 Å². The number of hydrogen-bond acceptors (Lipinski definition) is 3. The van der Waals surface area contributed by atoms with E-state index in [1.54, 1.807) is 10.0 Å². The molecule has 4 heteroatoms. The van der Waals surface area contributed by atoms with Gasteiger partial charge in [-0.1, -0.05) is 35.8 Å². The van der Waals surface area contributed by atoms with Crippen LogP contribution >= 0.6 is 11.5 Å². The lowest BCUT2D eigenvalue weighted by atomic mass is 10.2. The maximum Gasteiger partial charge on any atom is 0.273 e. The number of benzene rings is 2. The van der Waals surface area contributed by atoms with Crippen LogP contribution in [0.3, 0.4) is 0 Å². The largest absolute Gasteiger partial charge is 0.397 e. The lowest BCUT2D eigenvalue weighted by Crippen LogP contribution is -2.12. The van der Waals surface area contributed by atoms with E-state index < -0.39 is 0 Å². The Labute approximate surface area is 102 Å². The molecule has 0 unspecified atom stereocenters. The van der Waals surface area contributed by atoms with Crippen molar-refractivity contribution in [2.45, 2.75) is 0 Å². The van der Waals surface area contributed by atoms with E-state index in [0.29, 0.717) is 5.69 Å². The predicted molar refractivity (Wildman–Crippen MR) is 71.8 cm³/mol. The van der Waals surface area contributed by atoms with Gasteiger partial charge in [0.15, 0.2) is 0 Å². The Balaban J connectivity index is 2.36. The maximum absolute atomic E-state index is 12.2. The summed E-state index contributed by atoms with van der Waals surface area (Å²) in [6, 6.07) is 15.0. The van der Waals surface area contributed by atoms with Crippen LogP contribution in [0, 0.1) is 0 Å². The third-order valence-corrected chi connectivity index (χ3v) is 3.74. The summed E-state index contributed by atoms with van der Waals surface area (Å²) in [6.07, 6.45) is 0. The van der Waals surface area contributed by atoms with E-state index in [1.807, 2.05) is 42.5 Å². The van der Waals surface area contributed by atoms with Crippen molar-refractivity contribution in [3.8, 4) is 5.69 Å². The number of anilines is 1.